The molecule has 0 aliphatic carbocycles. The van der Waals surface area contributed by atoms with Crippen LogP contribution >= 0.6 is 0 Å². The molecule has 7 heteroatoms. The molecule has 1 amide bonds. The van der Waals surface area contributed by atoms with E-state index in [9.17, 15) is 14.8 Å². The van der Waals surface area contributed by atoms with Crippen molar-refractivity contribution in [2.75, 3.05) is 5.23 Å². The second kappa shape index (κ2) is 5.19. The molecule has 0 radical (unpaired) electrons. The van der Waals surface area contributed by atoms with Crippen molar-refractivity contribution in [3.8, 4) is 0 Å². The smallest absolute Gasteiger partial charge is 0.355 e. The maximum atomic E-state index is 11.9. The highest BCUT2D eigenvalue weighted by Crippen LogP contribution is 2.34. The monoisotopic (exact) mass is 289 g/mol. The first-order valence-corrected chi connectivity index (χ1v) is 6.50. The molecule has 7 nitrogen and oxygen atoms in total. The van der Waals surface area contributed by atoms with Gasteiger partial charge in [-0.1, -0.05) is 18.2 Å². The zero-order chi connectivity index (χ0) is 15.0. The fraction of sp³-hybridized carbons (Fsp3) is 0.286. The van der Waals surface area contributed by atoms with Crippen LogP contribution in [0.4, 0.5) is 5.69 Å². The molecular formula is C14H13N2O5-. The summed E-state index contributed by atoms with van der Waals surface area (Å²) in [6, 6.07) is 6.10. The third-order valence-corrected chi connectivity index (χ3v) is 3.62. The fourth-order valence-electron chi connectivity index (χ4n) is 2.47. The zero-order valence-electron chi connectivity index (χ0n) is 11.1. The van der Waals surface area contributed by atoms with E-state index in [1.807, 2.05) is 0 Å². The van der Waals surface area contributed by atoms with Crippen LogP contribution in [0.3, 0.4) is 0 Å². The van der Waals surface area contributed by atoms with Crippen LogP contribution in [0, 0.1) is 5.21 Å². The van der Waals surface area contributed by atoms with E-state index in [1.165, 1.54) is 17.0 Å². The van der Waals surface area contributed by atoms with Crippen LogP contribution in [0.5, 0.6) is 0 Å². The van der Waals surface area contributed by atoms with Crippen molar-refractivity contribution in [3.05, 3.63) is 46.8 Å². The number of hydrogen-bond donors (Lipinski definition) is 1. The van der Waals surface area contributed by atoms with Gasteiger partial charge in [0.2, 0.25) is 5.91 Å². The van der Waals surface area contributed by atoms with Crippen molar-refractivity contribution in [2.24, 2.45) is 0 Å². The van der Waals surface area contributed by atoms with E-state index in [0.717, 1.165) is 0 Å². The summed E-state index contributed by atoms with van der Waals surface area (Å²) in [6.45, 7) is 0.0352. The highest BCUT2D eigenvalue weighted by Gasteiger charge is 2.44. The van der Waals surface area contributed by atoms with Gasteiger partial charge in [-0.3, -0.25) is 10.0 Å². The van der Waals surface area contributed by atoms with Gasteiger partial charge in [-0.25, -0.2) is 4.79 Å². The van der Waals surface area contributed by atoms with Crippen LogP contribution in [0.1, 0.15) is 18.4 Å². The second-order valence-corrected chi connectivity index (χ2v) is 4.96. The van der Waals surface area contributed by atoms with Gasteiger partial charge in [0.05, 0.1) is 5.69 Å². The molecule has 21 heavy (non-hydrogen) atoms. The van der Waals surface area contributed by atoms with E-state index in [0.29, 0.717) is 24.1 Å². The van der Waals surface area contributed by atoms with Gasteiger partial charge < -0.3 is 20.1 Å². The second-order valence-electron chi connectivity index (χ2n) is 4.96. The van der Waals surface area contributed by atoms with Gasteiger partial charge in [-0.2, -0.15) is 0 Å². The Morgan fingerprint density at radius 2 is 2.14 bits per heavy atom. The van der Waals surface area contributed by atoms with Crippen LogP contribution in [0.2, 0.25) is 0 Å². The van der Waals surface area contributed by atoms with Crippen LogP contribution in [0.15, 0.2) is 36.0 Å². The number of ether oxygens (including phenoxy) is 1. The molecule has 3 rings (SSSR count). The van der Waals surface area contributed by atoms with Crippen LogP contribution in [-0.4, -0.2) is 28.0 Å². The summed E-state index contributed by atoms with van der Waals surface area (Å²) in [5, 5.41) is 19.1. The normalized spacial score (nSPS) is 19.7. The topological polar surface area (TPSA) is 93.1 Å². The summed E-state index contributed by atoms with van der Waals surface area (Å²) in [5.74, 6) is -0.578. The zero-order valence-corrected chi connectivity index (χ0v) is 11.1. The van der Waals surface area contributed by atoms with Crippen molar-refractivity contribution in [1.29, 1.82) is 0 Å². The number of fused-ring (bicyclic) bond motifs is 1. The quantitative estimate of drug-likeness (QED) is 0.510. The van der Waals surface area contributed by atoms with Gasteiger partial charge in [0, 0.05) is 12.5 Å². The van der Waals surface area contributed by atoms with E-state index in [2.05, 4.69) is 0 Å². The maximum Gasteiger partial charge on any atom is 0.355 e. The molecule has 0 aromatic heterocycles. The van der Waals surface area contributed by atoms with E-state index < -0.39 is 5.97 Å². The number of benzene rings is 1. The molecule has 1 aromatic carbocycles. The van der Waals surface area contributed by atoms with Gasteiger partial charge in [0.15, 0.2) is 0 Å². The maximum absolute atomic E-state index is 11.9. The number of nitrogens with zero attached hydrogens (tertiary/aromatic N) is 2. The fourth-order valence-corrected chi connectivity index (χ4v) is 2.47. The molecule has 2 aliphatic rings. The van der Waals surface area contributed by atoms with Crippen LogP contribution in [-0.2, 0) is 20.9 Å². The Hall–Kier alpha value is -2.38. The third-order valence-electron chi connectivity index (χ3n) is 3.62. The van der Waals surface area contributed by atoms with Crippen molar-refractivity contribution in [2.45, 2.75) is 25.5 Å². The molecule has 2 heterocycles. The van der Waals surface area contributed by atoms with Gasteiger partial charge in [0.25, 0.3) is 0 Å². The summed E-state index contributed by atoms with van der Waals surface area (Å²) in [4.78, 5) is 24.8. The number of carbonyl (C=O) groups is 2. The Morgan fingerprint density at radius 1 is 1.43 bits per heavy atom. The number of amides is 1. The standard InChI is InChI=1S/C14H13N2O5/c17-13-7-11-5-6-12(15(11)13)14(18)21-8-9-1-3-10(4-2-9)16(19)20/h1-4,6,11,19H,5,7-8H2/q-1/t11-/m0/s1. The highest BCUT2D eigenvalue weighted by atomic mass is 16.8. The summed E-state index contributed by atoms with van der Waals surface area (Å²) in [5.41, 5.74) is 1.09. The average molecular weight is 289 g/mol. The van der Waals surface area contributed by atoms with Crippen molar-refractivity contribution in [3.63, 3.8) is 0 Å². The van der Waals surface area contributed by atoms with E-state index in [4.69, 9.17) is 9.94 Å². The summed E-state index contributed by atoms with van der Waals surface area (Å²) < 4.78 is 5.16. The minimum Gasteiger partial charge on any atom is -0.733 e. The first-order chi connectivity index (χ1) is 10.1. The number of carbonyl (C=O) groups excluding carboxylic acids is 2. The highest BCUT2D eigenvalue weighted by molar-refractivity contribution is 5.98. The van der Waals surface area contributed by atoms with E-state index in [1.54, 1.807) is 18.2 Å². The predicted molar refractivity (Wildman–Crippen MR) is 71.8 cm³/mol. The number of anilines is 1. The molecule has 0 bridgehead atoms. The first kappa shape index (κ1) is 13.6. The van der Waals surface area contributed by atoms with Crippen molar-refractivity contribution in [1.82, 2.24) is 4.90 Å². The minimum atomic E-state index is -0.526. The molecule has 1 N–H and O–H groups in total. The molecule has 0 saturated carbocycles. The number of hydrogen-bond acceptors (Lipinski definition) is 6. The molecule has 0 spiro atoms. The van der Waals surface area contributed by atoms with Crippen molar-refractivity contribution >= 4 is 17.6 Å². The Morgan fingerprint density at radius 3 is 2.76 bits per heavy atom. The van der Waals surface area contributed by atoms with Gasteiger partial charge >= 0.3 is 5.97 Å². The van der Waals surface area contributed by atoms with Crippen LogP contribution in [0.25, 0.3) is 0 Å². The number of esters is 1. The van der Waals surface area contributed by atoms with E-state index >= 15 is 0 Å². The molecule has 1 saturated heterocycles. The lowest BCUT2D eigenvalue weighted by Crippen LogP contribution is -2.49. The average Bonchev–Trinajstić information content (AvgIpc) is 2.82. The molecule has 110 valence electrons. The van der Waals surface area contributed by atoms with Gasteiger partial charge in [-0.15, -0.1) is 0 Å². The summed E-state index contributed by atoms with van der Waals surface area (Å²) in [7, 11) is 0. The lowest BCUT2D eigenvalue weighted by molar-refractivity contribution is -0.150. The molecule has 0 unspecified atom stereocenters. The Balaban J connectivity index is 1.58. The predicted octanol–water partition coefficient (Wildman–Crippen LogP) is 1.31. The van der Waals surface area contributed by atoms with Gasteiger partial charge in [-0.05, 0) is 24.1 Å². The number of β-lactam (4-membered cyclic amide) rings is 1. The Labute approximate surface area is 120 Å². The van der Waals surface area contributed by atoms with Crippen LogP contribution < -0.4 is 5.23 Å². The molecule has 1 aromatic rings. The first-order valence-electron chi connectivity index (χ1n) is 6.50. The molecular weight excluding hydrogens is 276 g/mol. The molecule has 1 fully saturated rings. The third kappa shape index (κ3) is 2.48. The molecule has 1 atom stereocenters. The van der Waals surface area contributed by atoms with E-state index in [-0.39, 0.29) is 29.5 Å². The lowest BCUT2D eigenvalue weighted by Gasteiger charge is -2.35. The van der Waals surface area contributed by atoms with Gasteiger partial charge in [0.1, 0.15) is 12.3 Å². The number of rotatable bonds is 4. The minimum absolute atomic E-state index is 0.0352. The van der Waals surface area contributed by atoms with Crippen molar-refractivity contribution < 1.29 is 19.5 Å². The SMILES string of the molecule is O=C(OCc1ccc(N([O-])O)cc1)C1=CC[C@H]2CC(=O)N12. The summed E-state index contributed by atoms with van der Waals surface area (Å²) in [6.07, 6.45) is 2.91. The Kier molecular flexibility index (Phi) is 3.36. The summed E-state index contributed by atoms with van der Waals surface area (Å²) >= 11 is 0. The Bertz CT molecular complexity index is 608. The largest absolute Gasteiger partial charge is 0.733 e. The lowest BCUT2D eigenvalue weighted by atomic mass is 10.0. The molecule has 2 aliphatic heterocycles.